The molecule has 0 saturated carbocycles. The lowest BCUT2D eigenvalue weighted by atomic mass is 9.99. The molecule has 1 aromatic rings. The number of rotatable bonds is 5. The molecule has 1 aliphatic rings. The Kier molecular flexibility index (Phi) is 4.87. The first kappa shape index (κ1) is 14.0. The second kappa shape index (κ2) is 6.63. The van der Waals surface area contributed by atoms with Crippen molar-refractivity contribution in [2.75, 3.05) is 13.2 Å². The number of piperidine rings is 1. The van der Waals surface area contributed by atoms with Gasteiger partial charge in [-0.05, 0) is 31.4 Å². The zero-order chi connectivity index (χ0) is 13.7. The van der Waals surface area contributed by atoms with Gasteiger partial charge >= 0.3 is 0 Å². The molecule has 5 nitrogen and oxygen atoms in total. The van der Waals surface area contributed by atoms with E-state index in [9.17, 15) is 10.1 Å². The summed E-state index contributed by atoms with van der Waals surface area (Å²) in [6.07, 6.45) is 4.36. The van der Waals surface area contributed by atoms with Crippen LogP contribution in [0.1, 0.15) is 31.2 Å². The van der Waals surface area contributed by atoms with Crippen molar-refractivity contribution >= 4 is 5.69 Å². The first-order valence-electron chi connectivity index (χ1n) is 6.79. The molecule has 1 fully saturated rings. The van der Waals surface area contributed by atoms with Crippen molar-refractivity contribution in [2.24, 2.45) is 0 Å². The van der Waals surface area contributed by atoms with Gasteiger partial charge in [0.1, 0.15) is 0 Å². The van der Waals surface area contributed by atoms with Gasteiger partial charge in [-0.25, -0.2) is 0 Å². The highest BCUT2D eigenvalue weighted by Gasteiger charge is 2.21. The van der Waals surface area contributed by atoms with Crippen LogP contribution in [0.2, 0.25) is 0 Å². The van der Waals surface area contributed by atoms with Crippen LogP contribution in [0.15, 0.2) is 24.3 Å². The number of aliphatic hydroxyl groups excluding tert-OH is 1. The Hall–Kier alpha value is -1.46. The molecule has 104 valence electrons. The third-order valence-electron chi connectivity index (χ3n) is 3.74. The Morgan fingerprint density at radius 3 is 2.68 bits per heavy atom. The van der Waals surface area contributed by atoms with Gasteiger partial charge in [-0.1, -0.05) is 18.6 Å². The lowest BCUT2D eigenvalue weighted by Gasteiger charge is -2.35. The average Bonchev–Trinajstić information content (AvgIpc) is 2.42. The number of hydrogen-bond donors (Lipinski definition) is 1. The Morgan fingerprint density at radius 2 is 2.05 bits per heavy atom. The number of likely N-dealkylation sites (tertiary alicyclic amines) is 1. The summed E-state index contributed by atoms with van der Waals surface area (Å²) in [5.74, 6) is 0. The Balaban J connectivity index is 2.00. The van der Waals surface area contributed by atoms with Crippen LogP contribution in [-0.2, 0) is 6.54 Å². The molecule has 1 N–H and O–H groups in total. The summed E-state index contributed by atoms with van der Waals surface area (Å²) in [7, 11) is 0. The molecular formula is C14H20N2O3. The molecule has 1 aliphatic heterocycles. The zero-order valence-corrected chi connectivity index (χ0v) is 11.0. The lowest BCUT2D eigenvalue weighted by Crippen LogP contribution is -2.39. The van der Waals surface area contributed by atoms with E-state index in [2.05, 4.69) is 4.90 Å². The van der Waals surface area contributed by atoms with Crippen LogP contribution >= 0.6 is 0 Å². The first-order valence-corrected chi connectivity index (χ1v) is 6.79. The van der Waals surface area contributed by atoms with Crippen LogP contribution in [0.25, 0.3) is 0 Å². The molecule has 1 aromatic carbocycles. The molecule has 0 radical (unpaired) electrons. The van der Waals surface area contributed by atoms with Crippen molar-refractivity contribution in [2.45, 2.75) is 38.3 Å². The van der Waals surface area contributed by atoms with Gasteiger partial charge in [0.2, 0.25) is 0 Å². The minimum absolute atomic E-state index is 0.134. The van der Waals surface area contributed by atoms with Crippen molar-refractivity contribution in [3.05, 3.63) is 39.9 Å². The maximum Gasteiger partial charge on any atom is 0.269 e. The number of nitrogens with zero attached hydrogens (tertiary/aromatic N) is 2. The number of hydrogen-bond acceptors (Lipinski definition) is 4. The van der Waals surface area contributed by atoms with Gasteiger partial charge in [0.05, 0.1) is 4.92 Å². The largest absolute Gasteiger partial charge is 0.396 e. The first-order chi connectivity index (χ1) is 9.20. The minimum atomic E-state index is -0.376. The van der Waals surface area contributed by atoms with E-state index in [1.807, 2.05) is 12.1 Å². The normalized spacial score (nSPS) is 20.4. The fourth-order valence-corrected chi connectivity index (χ4v) is 2.70. The number of nitro benzene ring substituents is 1. The van der Waals surface area contributed by atoms with Gasteiger partial charge in [-0.2, -0.15) is 0 Å². The maximum atomic E-state index is 10.6. The molecule has 5 heteroatoms. The topological polar surface area (TPSA) is 66.6 Å². The second-order valence-electron chi connectivity index (χ2n) is 5.06. The van der Waals surface area contributed by atoms with E-state index in [4.69, 9.17) is 5.11 Å². The molecule has 1 heterocycles. The third kappa shape index (κ3) is 3.75. The van der Waals surface area contributed by atoms with Crippen molar-refractivity contribution < 1.29 is 10.0 Å². The van der Waals surface area contributed by atoms with Gasteiger partial charge in [-0.3, -0.25) is 15.0 Å². The zero-order valence-electron chi connectivity index (χ0n) is 11.0. The number of benzene rings is 1. The van der Waals surface area contributed by atoms with E-state index >= 15 is 0 Å². The monoisotopic (exact) mass is 264 g/mol. The summed E-state index contributed by atoms with van der Waals surface area (Å²) in [4.78, 5) is 12.6. The molecule has 0 amide bonds. The van der Waals surface area contributed by atoms with E-state index in [-0.39, 0.29) is 17.2 Å². The van der Waals surface area contributed by atoms with E-state index in [1.165, 1.54) is 12.8 Å². The summed E-state index contributed by atoms with van der Waals surface area (Å²) in [6, 6.07) is 7.19. The fourth-order valence-electron chi connectivity index (χ4n) is 2.70. The number of nitro groups is 1. The van der Waals surface area contributed by atoms with Gasteiger partial charge in [0.15, 0.2) is 0 Å². The quantitative estimate of drug-likeness (QED) is 0.654. The average molecular weight is 264 g/mol. The minimum Gasteiger partial charge on any atom is -0.396 e. The van der Waals surface area contributed by atoms with Gasteiger partial charge in [0.25, 0.3) is 5.69 Å². The Morgan fingerprint density at radius 1 is 1.32 bits per heavy atom. The summed E-state index contributed by atoms with van der Waals surface area (Å²) in [6.45, 7) is 2.08. The van der Waals surface area contributed by atoms with Crippen LogP contribution in [-0.4, -0.2) is 34.1 Å². The van der Waals surface area contributed by atoms with E-state index < -0.39 is 0 Å². The third-order valence-corrected chi connectivity index (χ3v) is 3.74. The van der Waals surface area contributed by atoms with E-state index in [0.29, 0.717) is 6.04 Å². The summed E-state index contributed by atoms with van der Waals surface area (Å²) < 4.78 is 0. The SMILES string of the molecule is O=[N+]([O-])c1ccc(CN2CCCC[C@H]2CCO)cc1. The highest BCUT2D eigenvalue weighted by atomic mass is 16.6. The van der Waals surface area contributed by atoms with Crippen molar-refractivity contribution in [3.63, 3.8) is 0 Å². The second-order valence-corrected chi connectivity index (χ2v) is 5.06. The van der Waals surface area contributed by atoms with Crippen LogP contribution < -0.4 is 0 Å². The number of aliphatic hydroxyl groups is 1. The Bertz CT molecular complexity index is 417. The molecule has 0 unspecified atom stereocenters. The van der Waals surface area contributed by atoms with E-state index in [0.717, 1.165) is 31.5 Å². The van der Waals surface area contributed by atoms with Crippen molar-refractivity contribution in [3.8, 4) is 0 Å². The van der Waals surface area contributed by atoms with Crippen LogP contribution in [0.4, 0.5) is 5.69 Å². The molecule has 0 bridgehead atoms. The molecule has 1 saturated heterocycles. The fraction of sp³-hybridized carbons (Fsp3) is 0.571. The molecule has 1 atom stereocenters. The molecule has 2 rings (SSSR count). The molecule has 19 heavy (non-hydrogen) atoms. The van der Waals surface area contributed by atoms with Crippen LogP contribution in [0.3, 0.4) is 0 Å². The predicted molar refractivity (Wildman–Crippen MR) is 72.8 cm³/mol. The molecule has 0 aliphatic carbocycles. The summed E-state index contributed by atoms with van der Waals surface area (Å²) in [5, 5.41) is 19.7. The smallest absolute Gasteiger partial charge is 0.269 e. The number of non-ortho nitro benzene ring substituents is 1. The standard InChI is InChI=1S/C14H20N2O3/c17-10-8-13-3-1-2-9-15(13)11-12-4-6-14(7-5-12)16(18)19/h4-7,13,17H,1-3,8-11H2/t13-/m0/s1. The van der Waals surface area contributed by atoms with Gasteiger partial charge in [-0.15, -0.1) is 0 Å². The molecule has 0 aromatic heterocycles. The highest BCUT2D eigenvalue weighted by molar-refractivity contribution is 5.32. The van der Waals surface area contributed by atoms with Crippen molar-refractivity contribution in [1.29, 1.82) is 0 Å². The van der Waals surface area contributed by atoms with Gasteiger partial charge in [0, 0.05) is 31.3 Å². The Labute approximate surface area is 113 Å². The van der Waals surface area contributed by atoms with Gasteiger partial charge < -0.3 is 5.11 Å². The molecular weight excluding hydrogens is 244 g/mol. The van der Waals surface area contributed by atoms with Crippen LogP contribution in [0.5, 0.6) is 0 Å². The van der Waals surface area contributed by atoms with Crippen molar-refractivity contribution in [1.82, 2.24) is 4.90 Å². The van der Waals surface area contributed by atoms with E-state index in [1.54, 1.807) is 12.1 Å². The van der Waals surface area contributed by atoms with Crippen LogP contribution in [0, 0.1) is 10.1 Å². The highest BCUT2D eigenvalue weighted by Crippen LogP contribution is 2.22. The summed E-state index contributed by atoms with van der Waals surface area (Å²) in [5.41, 5.74) is 1.23. The summed E-state index contributed by atoms with van der Waals surface area (Å²) >= 11 is 0. The predicted octanol–water partition coefficient (Wildman–Crippen LogP) is 2.33. The lowest BCUT2D eigenvalue weighted by molar-refractivity contribution is -0.384. The molecule has 0 spiro atoms. The maximum absolute atomic E-state index is 10.6.